The second-order valence-electron chi connectivity index (χ2n) is 6.59. The Morgan fingerprint density at radius 1 is 1.13 bits per heavy atom. The molecule has 0 amide bonds. The number of likely N-dealkylation sites (N-methyl/N-ethyl adjacent to an activating group) is 1. The van der Waals surface area contributed by atoms with Gasteiger partial charge in [-0.3, -0.25) is 4.79 Å². The van der Waals surface area contributed by atoms with E-state index in [1.54, 1.807) is 50.4 Å². The summed E-state index contributed by atoms with van der Waals surface area (Å²) in [6.07, 6.45) is -4.57. The van der Waals surface area contributed by atoms with Crippen LogP contribution in [0.5, 0.6) is 0 Å². The largest absolute Gasteiger partial charge is 0.465 e. The summed E-state index contributed by atoms with van der Waals surface area (Å²) in [7, 11) is 1.60. The SMILES string of the molecule is CCOC(=O)CN(C)C(=S)c1cc(-c2ccccc2)nc2c(C(F)(F)F)cccc12. The first-order valence-corrected chi connectivity index (χ1v) is 9.60. The highest BCUT2D eigenvalue weighted by Crippen LogP contribution is 2.36. The van der Waals surface area contributed by atoms with Crippen LogP contribution in [0, 0.1) is 0 Å². The standard InChI is InChI=1S/C22H19F3N2O2S/c1-3-29-19(28)13-27(2)21(30)16-12-18(14-8-5-4-6-9-14)26-20-15(16)10-7-11-17(20)22(23,24)25/h4-12H,3,13H2,1-2H3. The van der Waals surface area contributed by atoms with Crippen LogP contribution in [0.4, 0.5) is 13.2 Å². The Balaban J connectivity index is 2.19. The molecule has 0 fully saturated rings. The molecule has 0 N–H and O–H groups in total. The number of carbonyl (C=O) groups is 1. The van der Waals surface area contributed by atoms with E-state index in [4.69, 9.17) is 17.0 Å². The number of thiocarbonyl (C=S) groups is 1. The molecule has 0 aliphatic rings. The average Bonchev–Trinajstić information content (AvgIpc) is 2.72. The van der Waals surface area contributed by atoms with E-state index >= 15 is 0 Å². The zero-order chi connectivity index (χ0) is 21.9. The number of aromatic nitrogens is 1. The van der Waals surface area contributed by atoms with Gasteiger partial charge in [-0.25, -0.2) is 4.98 Å². The molecule has 0 saturated heterocycles. The molecule has 0 radical (unpaired) electrons. The topological polar surface area (TPSA) is 42.4 Å². The molecule has 1 heterocycles. The Labute approximate surface area is 177 Å². The van der Waals surface area contributed by atoms with Crippen LogP contribution in [0.2, 0.25) is 0 Å². The normalized spacial score (nSPS) is 11.4. The van der Waals surface area contributed by atoms with Crippen LogP contribution < -0.4 is 0 Å². The first-order valence-electron chi connectivity index (χ1n) is 9.19. The van der Waals surface area contributed by atoms with Gasteiger partial charge >= 0.3 is 12.1 Å². The van der Waals surface area contributed by atoms with E-state index < -0.39 is 17.7 Å². The van der Waals surface area contributed by atoms with Crippen molar-refractivity contribution in [1.29, 1.82) is 0 Å². The first kappa shape index (κ1) is 21.7. The van der Waals surface area contributed by atoms with Crippen molar-refractivity contribution in [1.82, 2.24) is 9.88 Å². The summed E-state index contributed by atoms with van der Waals surface area (Å²) in [6, 6.07) is 14.4. The van der Waals surface area contributed by atoms with Gasteiger partial charge in [-0.1, -0.05) is 54.7 Å². The summed E-state index contributed by atoms with van der Waals surface area (Å²) in [4.78, 5) is 17.9. The van der Waals surface area contributed by atoms with Gasteiger partial charge in [0.15, 0.2) is 0 Å². The number of carbonyl (C=O) groups excluding carboxylic acids is 1. The fraction of sp³-hybridized carbons (Fsp3) is 0.227. The van der Waals surface area contributed by atoms with Crippen molar-refractivity contribution in [3.05, 3.63) is 65.7 Å². The summed E-state index contributed by atoms with van der Waals surface area (Å²) >= 11 is 5.53. The van der Waals surface area contributed by atoms with Gasteiger partial charge in [0.2, 0.25) is 0 Å². The maximum absolute atomic E-state index is 13.7. The molecule has 1 aromatic heterocycles. The number of hydrogen-bond acceptors (Lipinski definition) is 4. The van der Waals surface area contributed by atoms with Crippen molar-refractivity contribution in [2.24, 2.45) is 0 Å². The minimum Gasteiger partial charge on any atom is -0.465 e. The van der Waals surface area contributed by atoms with Gasteiger partial charge in [-0.15, -0.1) is 0 Å². The lowest BCUT2D eigenvalue weighted by Gasteiger charge is -2.21. The molecular weight excluding hydrogens is 413 g/mol. The second-order valence-corrected chi connectivity index (χ2v) is 6.97. The highest BCUT2D eigenvalue weighted by Gasteiger charge is 2.34. The zero-order valence-electron chi connectivity index (χ0n) is 16.4. The predicted octanol–water partition coefficient (Wildman–Crippen LogP) is 5.09. The Morgan fingerprint density at radius 3 is 2.47 bits per heavy atom. The average molecular weight is 432 g/mol. The van der Waals surface area contributed by atoms with Crippen molar-refractivity contribution >= 4 is 34.1 Å². The van der Waals surface area contributed by atoms with E-state index in [1.807, 2.05) is 6.07 Å². The lowest BCUT2D eigenvalue weighted by molar-refractivity contribution is -0.143. The number of fused-ring (bicyclic) bond motifs is 1. The van der Waals surface area contributed by atoms with Crippen molar-refractivity contribution < 1.29 is 22.7 Å². The van der Waals surface area contributed by atoms with Crippen LogP contribution in [-0.2, 0) is 15.7 Å². The molecule has 30 heavy (non-hydrogen) atoms. The zero-order valence-corrected chi connectivity index (χ0v) is 17.2. The van der Waals surface area contributed by atoms with Crippen molar-refractivity contribution in [3.63, 3.8) is 0 Å². The Bertz CT molecular complexity index is 1080. The molecule has 0 spiro atoms. The monoisotopic (exact) mass is 432 g/mol. The highest BCUT2D eigenvalue weighted by molar-refractivity contribution is 7.80. The third kappa shape index (κ3) is 4.59. The van der Waals surface area contributed by atoms with Gasteiger partial charge in [0, 0.05) is 23.6 Å². The van der Waals surface area contributed by atoms with Crippen LogP contribution in [0.15, 0.2) is 54.6 Å². The Hall–Kier alpha value is -3.00. The van der Waals surface area contributed by atoms with Crippen LogP contribution >= 0.6 is 12.2 Å². The minimum atomic E-state index is -4.57. The number of halogens is 3. The molecule has 0 aliphatic carbocycles. The number of ether oxygens (including phenoxy) is 1. The van der Waals surface area contributed by atoms with Crippen molar-refractivity contribution in [2.75, 3.05) is 20.2 Å². The molecule has 156 valence electrons. The van der Waals surface area contributed by atoms with Crippen LogP contribution in [-0.4, -0.2) is 41.0 Å². The molecule has 2 aromatic carbocycles. The van der Waals surface area contributed by atoms with Crippen molar-refractivity contribution in [3.8, 4) is 11.3 Å². The quantitative estimate of drug-likeness (QED) is 0.415. The van der Waals surface area contributed by atoms with E-state index in [2.05, 4.69) is 4.98 Å². The van der Waals surface area contributed by atoms with Gasteiger partial charge in [0.25, 0.3) is 0 Å². The van der Waals surface area contributed by atoms with Crippen LogP contribution in [0.25, 0.3) is 22.2 Å². The molecule has 0 bridgehead atoms. The molecule has 0 unspecified atom stereocenters. The van der Waals surface area contributed by atoms with Crippen molar-refractivity contribution in [2.45, 2.75) is 13.1 Å². The maximum atomic E-state index is 13.7. The van der Waals surface area contributed by atoms with Gasteiger partial charge in [0.1, 0.15) is 11.5 Å². The Morgan fingerprint density at radius 2 is 1.83 bits per heavy atom. The summed E-state index contributed by atoms with van der Waals surface area (Å²) in [5.74, 6) is -0.472. The number of nitrogens with zero attached hydrogens (tertiary/aromatic N) is 2. The Kier molecular flexibility index (Phi) is 6.36. The fourth-order valence-electron chi connectivity index (χ4n) is 3.09. The lowest BCUT2D eigenvalue weighted by atomic mass is 10.0. The molecule has 3 aromatic rings. The van der Waals surface area contributed by atoms with E-state index in [0.29, 0.717) is 16.8 Å². The van der Waals surface area contributed by atoms with E-state index in [0.717, 1.165) is 6.07 Å². The highest BCUT2D eigenvalue weighted by atomic mass is 32.1. The summed E-state index contributed by atoms with van der Waals surface area (Å²) < 4.78 is 45.9. The van der Waals surface area contributed by atoms with Crippen LogP contribution in [0.1, 0.15) is 18.1 Å². The summed E-state index contributed by atoms with van der Waals surface area (Å²) in [5.41, 5.74) is 0.394. The number of esters is 1. The van der Waals surface area contributed by atoms with Gasteiger partial charge < -0.3 is 9.64 Å². The van der Waals surface area contributed by atoms with Gasteiger partial charge in [-0.05, 0) is 19.1 Å². The molecule has 8 heteroatoms. The van der Waals surface area contributed by atoms with Gasteiger partial charge in [-0.2, -0.15) is 13.2 Å². The molecule has 0 aliphatic heterocycles. The molecule has 4 nitrogen and oxygen atoms in total. The van der Waals surface area contributed by atoms with E-state index in [9.17, 15) is 18.0 Å². The number of alkyl halides is 3. The lowest BCUT2D eigenvalue weighted by Crippen LogP contribution is -2.32. The summed E-state index contributed by atoms with van der Waals surface area (Å²) in [5, 5.41) is 0.269. The predicted molar refractivity (Wildman–Crippen MR) is 113 cm³/mol. The number of pyridine rings is 1. The number of hydrogen-bond donors (Lipinski definition) is 0. The number of para-hydroxylation sites is 1. The van der Waals surface area contributed by atoms with E-state index in [-0.39, 0.29) is 29.0 Å². The third-order valence-corrected chi connectivity index (χ3v) is 4.99. The fourth-order valence-corrected chi connectivity index (χ4v) is 3.32. The minimum absolute atomic E-state index is 0.115. The third-order valence-electron chi connectivity index (χ3n) is 4.46. The van der Waals surface area contributed by atoms with E-state index in [1.165, 1.54) is 11.0 Å². The smallest absolute Gasteiger partial charge is 0.418 e. The van der Waals surface area contributed by atoms with Crippen LogP contribution in [0.3, 0.4) is 0 Å². The number of benzene rings is 2. The second kappa shape index (κ2) is 8.79. The summed E-state index contributed by atoms with van der Waals surface area (Å²) in [6.45, 7) is 1.80. The molecule has 0 saturated carbocycles. The van der Waals surface area contributed by atoms with Gasteiger partial charge in [0.05, 0.1) is 23.4 Å². The molecule has 0 atom stereocenters. The first-order chi connectivity index (χ1) is 14.2. The molecule has 3 rings (SSSR count). The maximum Gasteiger partial charge on any atom is 0.418 e. The number of rotatable bonds is 5. The molecular formula is C22H19F3N2O2S.